The fraction of sp³-hybridized carbons (Fsp3) is 0.250. The van der Waals surface area contributed by atoms with E-state index in [1.807, 2.05) is 19.1 Å². The van der Waals surface area contributed by atoms with Crippen LogP contribution in [0.25, 0.3) is 5.57 Å². The predicted octanol–water partition coefficient (Wildman–Crippen LogP) is 3.63. The summed E-state index contributed by atoms with van der Waals surface area (Å²) >= 11 is 5.77. The van der Waals surface area contributed by atoms with Gasteiger partial charge in [-0.05, 0) is 31.5 Å². The Morgan fingerprint density at radius 3 is 2.47 bits per heavy atom. The van der Waals surface area contributed by atoms with Gasteiger partial charge in [0.15, 0.2) is 0 Å². The Bertz CT molecular complexity index is 401. The molecule has 0 aliphatic carbocycles. The molecule has 0 radical (unpaired) electrons. The van der Waals surface area contributed by atoms with Crippen molar-refractivity contribution in [1.82, 2.24) is 0 Å². The van der Waals surface area contributed by atoms with Gasteiger partial charge in [0.25, 0.3) is 0 Å². The van der Waals surface area contributed by atoms with E-state index in [9.17, 15) is 0 Å². The first-order chi connectivity index (χ1) is 7.19. The maximum Gasteiger partial charge on any atom is 0.111 e. The van der Waals surface area contributed by atoms with E-state index in [-0.39, 0.29) is 0 Å². The van der Waals surface area contributed by atoms with Gasteiger partial charge >= 0.3 is 0 Å². The molecule has 78 valence electrons. The predicted molar refractivity (Wildman–Crippen MR) is 61.3 cm³/mol. The molecule has 0 aliphatic rings. The number of halogens is 1. The van der Waals surface area contributed by atoms with Crippen LogP contribution in [0.3, 0.4) is 0 Å². The Hall–Kier alpha value is -1.46. The molecule has 0 amide bonds. The Morgan fingerprint density at radius 2 is 2.00 bits per heavy atom. The molecule has 0 aromatic heterocycles. The van der Waals surface area contributed by atoms with E-state index >= 15 is 0 Å². The second-order valence-electron chi connectivity index (χ2n) is 2.98. The zero-order chi connectivity index (χ0) is 11.3. The van der Waals surface area contributed by atoms with Crippen LogP contribution in [-0.4, -0.2) is 6.61 Å². The maximum absolute atomic E-state index is 9.02. The molecular formula is C12H12ClNO. The van der Waals surface area contributed by atoms with Crippen molar-refractivity contribution in [3.8, 4) is 6.07 Å². The lowest BCUT2D eigenvalue weighted by Crippen LogP contribution is -1.92. The molecule has 15 heavy (non-hydrogen) atoms. The number of nitrogens with zero attached hydrogens (tertiary/aromatic N) is 1. The number of hydrogen-bond donors (Lipinski definition) is 0. The summed E-state index contributed by atoms with van der Waals surface area (Å²) in [5.41, 5.74) is 1.38. The summed E-state index contributed by atoms with van der Waals surface area (Å²) in [5.74, 6) is 0.641. The van der Waals surface area contributed by atoms with E-state index in [2.05, 4.69) is 6.07 Å². The highest BCUT2D eigenvalue weighted by molar-refractivity contribution is 6.30. The lowest BCUT2D eigenvalue weighted by atomic mass is 10.1. The van der Waals surface area contributed by atoms with Crippen LogP contribution in [-0.2, 0) is 4.74 Å². The van der Waals surface area contributed by atoms with Crippen LogP contribution in [0.4, 0.5) is 0 Å². The average molecular weight is 222 g/mol. The summed E-state index contributed by atoms with van der Waals surface area (Å²) in [4.78, 5) is 0. The van der Waals surface area contributed by atoms with Crippen LogP contribution in [0, 0.1) is 11.3 Å². The van der Waals surface area contributed by atoms with Gasteiger partial charge < -0.3 is 4.74 Å². The summed E-state index contributed by atoms with van der Waals surface area (Å²) in [6.45, 7) is 4.24. The molecule has 3 heteroatoms. The third-order valence-corrected chi connectivity index (χ3v) is 2.21. The van der Waals surface area contributed by atoms with E-state index in [1.165, 1.54) is 0 Å². The van der Waals surface area contributed by atoms with Crippen molar-refractivity contribution in [1.29, 1.82) is 5.26 Å². The second kappa shape index (κ2) is 5.43. The molecule has 0 saturated carbocycles. The van der Waals surface area contributed by atoms with Gasteiger partial charge in [-0.15, -0.1) is 0 Å². The van der Waals surface area contributed by atoms with E-state index in [0.717, 1.165) is 5.56 Å². The van der Waals surface area contributed by atoms with Crippen LogP contribution in [0.5, 0.6) is 0 Å². The summed E-state index contributed by atoms with van der Waals surface area (Å²) in [6.07, 6.45) is 0. The van der Waals surface area contributed by atoms with Crippen molar-refractivity contribution in [2.24, 2.45) is 0 Å². The van der Waals surface area contributed by atoms with Crippen molar-refractivity contribution >= 4 is 17.2 Å². The Kier molecular flexibility index (Phi) is 4.20. The van der Waals surface area contributed by atoms with Crippen molar-refractivity contribution in [2.45, 2.75) is 13.8 Å². The molecule has 0 saturated heterocycles. The van der Waals surface area contributed by atoms with Crippen molar-refractivity contribution < 1.29 is 4.74 Å². The van der Waals surface area contributed by atoms with Crippen LogP contribution in [0.2, 0.25) is 5.02 Å². The van der Waals surface area contributed by atoms with Gasteiger partial charge in [0.05, 0.1) is 12.2 Å². The Labute approximate surface area is 94.7 Å². The van der Waals surface area contributed by atoms with Crippen LogP contribution in [0.1, 0.15) is 19.4 Å². The van der Waals surface area contributed by atoms with Gasteiger partial charge in [-0.3, -0.25) is 0 Å². The largest absolute Gasteiger partial charge is 0.497 e. The molecule has 0 unspecified atom stereocenters. The van der Waals surface area contributed by atoms with Crippen molar-refractivity contribution in [3.63, 3.8) is 0 Å². The maximum atomic E-state index is 9.02. The number of hydrogen-bond acceptors (Lipinski definition) is 2. The standard InChI is InChI=1S/C12H12ClNO/c1-3-15-9(2)12(8-14)10-4-6-11(13)7-5-10/h4-7H,3H2,1-2H3/b12-9+. The van der Waals surface area contributed by atoms with E-state index < -0.39 is 0 Å². The minimum Gasteiger partial charge on any atom is -0.497 e. The lowest BCUT2D eigenvalue weighted by molar-refractivity contribution is 0.234. The van der Waals surface area contributed by atoms with E-state index in [1.54, 1.807) is 19.1 Å². The van der Waals surface area contributed by atoms with Crippen molar-refractivity contribution in [3.05, 3.63) is 40.6 Å². The molecule has 0 atom stereocenters. The Balaban J connectivity index is 3.09. The molecule has 0 bridgehead atoms. The SMILES string of the molecule is CCO/C(C)=C(\C#N)c1ccc(Cl)cc1. The highest BCUT2D eigenvalue weighted by Gasteiger charge is 2.05. The van der Waals surface area contributed by atoms with E-state index in [4.69, 9.17) is 21.6 Å². The fourth-order valence-electron chi connectivity index (χ4n) is 1.25. The number of nitriles is 1. The minimum atomic E-state index is 0.550. The quantitative estimate of drug-likeness (QED) is 0.577. The molecule has 0 spiro atoms. The molecule has 0 N–H and O–H groups in total. The highest BCUT2D eigenvalue weighted by atomic mass is 35.5. The van der Waals surface area contributed by atoms with Gasteiger partial charge in [-0.2, -0.15) is 5.26 Å². The summed E-state index contributed by atoms with van der Waals surface area (Å²) < 4.78 is 5.30. The number of allylic oxidation sites excluding steroid dienone is 2. The molecule has 0 fully saturated rings. The number of benzene rings is 1. The van der Waals surface area contributed by atoms with Crippen LogP contribution >= 0.6 is 11.6 Å². The lowest BCUT2D eigenvalue weighted by Gasteiger charge is -2.06. The first kappa shape index (κ1) is 11.6. The van der Waals surface area contributed by atoms with Gasteiger partial charge in [0.2, 0.25) is 0 Å². The normalized spacial score (nSPS) is 11.6. The van der Waals surface area contributed by atoms with Gasteiger partial charge in [0, 0.05) is 5.02 Å². The molecule has 0 heterocycles. The number of rotatable bonds is 3. The minimum absolute atomic E-state index is 0.550. The number of ether oxygens (including phenoxy) is 1. The first-order valence-corrected chi connectivity index (χ1v) is 5.06. The van der Waals surface area contributed by atoms with Gasteiger partial charge in [0.1, 0.15) is 11.8 Å². The Morgan fingerprint density at radius 1 is 1.40 bits per heavy atom. The molecule has 2 nitrogen and oxygen atoms in total. The smallest absolute Gasteiger partial charge is 0.111 e. The molecule has 1 rings (SSSR count). The van der Waals surface area contributed by atoms with E-state index in [0.29, 0.717) is 23.0 Å². The average Bonchev–Trinajstić information content (AvgIpc) is 2.22. The second-order valence-corrected chi connectivity index (χ2v) is 3.42. The highest BCUT2D eigenvalue weighted by Crippen LogP contribution is 2.20. The summed E-state index contributed by atoms with van der Waals surface area (Å²) in [7, 11) is 0. The van der Waals surface area contributed by atoms with Crippen LogP contribution < -0.4 is 0 Å². The zero-order valence-electron chi connectivity index (χ0n) is 8.75. The first-order valence-electron chi connectivity index (χ1n) is 4.68. The van der Waals surface area contributed by atoms with Gasteiger partial charge in [-0.1, -0.05) is 23.7 Å². The summed E-state index contributed by atoms with van der Waals surface area (Å²) in [5, 5.41) is 9.68. The topological polar surface area (TPSA) is 33.0 Å². The third-order valence-electron chi connectivity index (χ3n) is 1.96. The molecule has 1 aromatic rings. The van der Waals surface area contributed by atoms with Crippen molar-refractivity contribution in [2.75, 3.05) is 6.61 Å². The molecule has 1 aromatic carbocycles. The summed E-state index contributed by atoms with van der Waals surface area (Å²) in [6, 6.07) is 9.27. The monoisotopic (exact) mass is 221 g/mol. The molecule has 0 aliphatic heterocycles. The fourth-order valence-corrected chi connectivity index (χ4v) is 1.38. The third kappa shape index (κ3) is 3.00. The van der Waals surface area contributed by atoms with Gasteiger partial charge in [-0.25, -0.2) is 0 Å². The zero-order valence-corrected chi connectivity index (χ0v) is 9.51. The molecular weight excluding hydrogens is 210 g/mol. The van der Waals surface area contributed by atoms with Crippen LogP contribution in [0.15, 0.2) is 30.0 Å².